The van der Waals surface area contributed by atoms with Gasteiger partial charge in [0, 0.05) is 14.1 Å². The number of benzene rings is 1. The molecular formula is C13H21N3O2. The van der Waals surface area contributed by atoms with E-state index in [4.69, 9.17) is 10.5 Å². The third kappa shape index (κ3) is 4.73. The minimum absolute atomic E-state index is 0.186. The summed E-state index contributed by atoms with van der Waals surface area (Å²) in [5, 5.41) is 1.58. The zero-order chi connectivity index (χ0) is 13.5. The molecule has 1 rings (SSSR count). The molecule has 100 valence electrons. The van der Waals surface area contributed by atoms with Crippen LogP contribution in [0.25, 0.3) is 0 Å². The summed E-state index contributed by atoms with van der Waals surface area (Å²) in [6.07, 6.45) is 0.506. The number of hydrazine groups is 1. The molecule has 18 heavy (non-hydrogen) atoms. The number of nitrogens with one attached hydrogen (secondary N) is 1. The smallest absolute Gasteiger partial charge is 0.251 e. The van der Waals surface area contributed by atoms with Crippen LogP contribution in [0, 0.1) is 0 Å². The van der Waals surface area contributed by atoms with Crippen molar-refractivity contribution in [3.8, 4) is 5.75 Å². The normalized spacial score (nSPS) is 12.3. The number of amides is 1. The highest BCUT2D eigenvalue weighted by Crippen LogP contribution is 2.13. The minimum Gasteiger partial charge on any atom is -0.494 e. The first-order valence-electron chi connectivity index (χ1n) is 5.98. The van der Waals surface area contributed by atoms with Gasteiger partial charge in [-0.2, -0.15) is 0 Å². The van der Waals surface area contributed by atoms with Crippen molar-refractivity contribution in [2.45, 2.75) is 19.4 Å². The lowest BCUT2D eigenvalue weighted by Crippen LogP contribution is -2.47. The Morgan fingerprint density at radius 1 is 1.39 bits per heavy atom. The van der Waals surface area contributed by atoms with Gasteiger partial charge in [0.25, 0.3) is 5.91 Å². The molecule has 0 aliphatic rings. The van der Waals surface area contributed by atoms with E-state index in [2.05, 4.69) is 5.43 Å². The molecule has 1 aromatic rings. The third-order valence-electron chi connectivity index (χ3n) is 2.36. The SMILES string of the molecule is CCOc1ccc(CC(N)C(=O)NN(C)C)cc1. The van der Waals surface area contributed by atoms with Crippen molar-refractivity contribution in [3.63, 3.8) is 0 Å². The average Bonchev–Trinajstić information content (AvgIpc) is 2.31. The maximum Gasteiger partial charge on any atom is 0.251 e. The summed E-state index contributed by atoms with van der Waals surface area (Å²) >= 11 is 0. The molecule has 5 heteroatoms. The van der Waals surface area contributed by atoms with Crippen molar-refractivity contribution in [2.75, 3.05) is 20.7 Å². The van der Waals surface area contributed by atoms with Crippen LogP contribution in [0.5, 0.6) is 5.75 Å². The van der Waals surface area contributed by atoms with Crippen molar-refractivity contribution >= 4 is 5.91 Å². The van der Waals surface area contributed by atoms with E-state index in [-0.39, 0.29) is 5.91 Å². The molecule has 0 bridgehead atoms. The largest absolute Gasteiger partial charge is 0.494 e. The lowest BCUT2D eigenvalue weighted by atomic mass is 10.1. The Morgan fingerprint density at radius 3 is 2.50 bits per heavy atom. The molecule has 0 heterocycles. The molecule has 1 aromatic carbocycles. The van der Waals surface area contributed by atoms with E-state index < -0.39 is 6.04 Å². The second-order valence-electron chi connectivity index (χ2n) is 4.26. The second kappa shape index (κ2) is 6.98. The summed E-state index contributed by atoms with van der Waals surface area (Å²) in [5.41, 5.74) is 9.48. The number of carbonyl (C=O) groups is 1. The summed E-state index contributed by atoms with van der Waals surface area (Å²) in [6, 6.07) is 7.07. The van der Waals surface area contributed by atoms with Gasteiger partial charge in [-0.05, 0) is 31.0 Å². The Bertz CT molecular complexity index is 376. The molecule has 0 aliphatic carbocycles. The Morgan fingerprint density at radius 2 is 2.00 bits per heavy atom. The van der Waals surface area contributed by atoms with Crippen LogP contribution in [0.3, 0.4) is 0 Å². The Hall–Kier alpha value is -1.59. The van der Waals surface area contributed by atoms with E-state index in [1.165, 1.54) is 0 Å². The lowest BCUT2D eigenvalue weighted by molar-refractivity contribution is -0.126. The van der Waals surface area contributed by atoms with Crippen molar-refractivity contribution in [1.29, 1.82) is 0 Å². The van der Waals surface area contributed by atoms with E-state index >= 15 is 0 Å². The fraction of sp³-hybridized carbons (Fsp3) is 0.462. The van der Waals surface area contributed by atoms with Crippen molar-refractivity contribution in [1.82, 2.24) is 10.4 Å². The number of ether oxygens (including phenoxy) is 1. The third-order valence-corrected chi connectivity index (χ3v) is 2.36. The average molecular weight is 251 g/mol. The molecule has 3 N–H and O–H groups in total. The molecule has 5 nitrogen and oxygen atoms in total. The predicted molar refractivity (Wildman–Crippen MR) is 71.1 cm³/mol. The zero-order valence-electron chi connectivity index (χ0n) is 11.1. The van der Waals surface area contributed by atoms with Gasteiger partial charge in [0.15, 0.2) is 0 Å². The van der Waals surface area contributed by atoms with Crippen LogP contribution in [0.15, 0.2) is 24.3 Å². The quantitative estimate of drug-likeness (QED) is 0.724. The molecule has 0 radical (unpaired) electrons. The van der Waals surface area contributed by atoms with Gasteiger partial charge in [-0.3, -0.25) is 10.2 Å². The van der Waals surface area contributed by atoms with E-state index in [9.17, 15) is 4.79 Å². The number of nitrogens with zero attached hydrogens (tertiary/aromatic N) is 1. The van der Waals surface area contributed by atoms with E-state index in [0.29, 0.717) is 13.0 Å². The number of rotatable bonds is 6. The second-order valence-corrected chi connectivity index (χ2v) is 4.26. The van der Waals surface area contributed by atoms with Crippen LogP contribution < -0.4 is 15.9 Å². The van der Waals surface area contributed by atoms with Gasteiger partial charge in [-0.15, -0.1) is 0 Å². The predicted octanol–water partition coefficient (Wildman–Crippen LogP) is 0.548. The van der Waals surface area contributed by atoms with Crippen LogP contribution in [-0.4, -0.2) is 37.7 Å². The Kier molecular flexibility index (Phi) is 5.61. The van der Waals surface area contributed by atoms with Gasteiger partial charge in [0.2, 0.25) is 0 Å². The fourth-order valence-electron chi connectivity index (χ4n) is 1.54. The summed E-state index contributed by atoms with van der Waals surface area (Å²) < 4.78 is 5.35. The zero-order valence-corrected chi connectivity index (χ0v) is 11.1. The maximum absolute atomic E-state index is 11.6. The first-order chi connectivity index (χ1) is 8.52. The first kappa shape index (κ1) is 14.5. The van der Waals surface area contributed by atoms with Crippen molar-refractivity contribution < 1.29 is 9.53 Å². The van der Waals surface area contributed by atoms with Crippen LogP contribution in [0.1, 0.15) is 12.5 Å². The number of hydrogen-bond donors (Lipinski definition) is 2. The van der Waals surface area contributed by atoms with Crippen LogP contribution in [0.4, 0.5) is 0 Å². The van der Waals surface area contributed by atoms with Gasteiger partial charge in [-0.1, -0.05) is 12.1 Å². The lowest BCUT2D eigenvalue weighted by Gasteiger charge is -2.16. The van der Waals surface area contributed by atoms with Gasteiger partial charge in [0.05, 0.1) is 12.6 Å². The van der Waals surface area contributed by atoms with Crippen molar-refractivity contribution in [3.05, 3.63) is 29.8 Å². The number of carbonyl (C=O) groups excluding carboxylic acids is 1. The molecular weight excluding hydrogens is 230 g/mol. The van der Waals surface area contributed by atoms with Gasteiger partial charge in [0.1, 0.15) is 5.75 Å². The molecule has 0 aliphatic heterocycles. The van der Waals surface area contributed by atoms with Crippen molar-refractivity contribution in [2.24, 2.45) is 5.73 Å². The van der Waals surface area contributed by atoms with Gasteiger partial charge >= 0.3 is 0 Å². The van der Waals surface area contributed by atoms with Crippen LogP contribution in [0.2, 0.25) is 0 Å². The van der Waals surface area contributed by atoms with E-state index in [1.807, 2.05) is 31.2 Å². The standard InChI is InChI=1S/C13H21N3O2/c1-4-18-11-7-5-10(6-8-11)9-12(14)13(17)15-16(2)3/h5-8,12H,4,9,14H2,1-3H3,(H,15,17). The molecule has 1 atom stereocenters. The van der Waals surface area contributed by atoms with E-state index in [0.717, 1.165) is 11.3 Å². The highest BCUT2D eigenvalue weighted by atomic mass is 16.5. The molecule has 1 unspecified atom stereocenters. The van der Waals surface area contributed by atoms with Crippen LogP contribution in [-0.2, 0) is 11.2 Å². The van der Waals surface area contributed by atoms with Gasteiger partial charge < -0.3 is 10.5 Å². The summed E-state index contributed by atoms with van der Waals surface area (Å²) in [6.45, 7) is 2.58. The molecule has 0 saturated carbocycles. The Balaban J connectivity index is 2.53. The topological polar surface area (TPSA) is 67.6 Å². The summed E-state index contributed by atoms with van der Waals surface area (Å²) in [4.78, 5) is 11.6. The monoisotopic (exact) mass is 251 g/mol. The number of hydrogen-bond acceptors (Lipinski definition) is 4. The minimum atomic E-state index is -0.551. The highest BCUT2D eigenvalue weighted by Gasteiger charge is 2.14. The highest BCUT2D eigenvalue weighted by molar-refractivity contribution is 5.81. The Labute approximate surface area is 108 Å². The molecule has 0 aromatic heterocycles. The van der Waals surface area contributed by atoms with Gasteiger partial charge in [-0.25, -0.2) is 5.01 Å². The molecule has 1 amide bonds. The first-order valence-corrected chi connectivity index (χ1v) is 5.98. The molecule has 0 spiro atoms. The van der Waals surface area contributed by atoms with E-state index in [1.54, 1.807) is 19.1 Å². The summed E-state index contributed by atoms with van der Waals surface area (Å²) in [7, 11) is 3.50. The molecule has 0 fully saturated rings. The number of nitrogens with two attached hydrogens (primary N) is 1. The maximum atomic E-state index is 11.6. The van der Waals surface area contributed by atoms with Crippen LogP contribution >= 0.6 is 0 Å². The summed E-state index contributed by atoms with van der Waals surface area (Å²) in [5.74, 6) is 0.640. The fourth-order valence-corrected chi connectivity index (χ4v) is 1.54. The molecule has 0 saturated heterocycles.